The van der Waals surface area contributed by atoms with Crippen LogP contribution in [-0.4, -0.2) is 54.7 Å². The maximum absolute atomic E-state index is 11.9. The summed E-state index contributed by atoms with van der Waals surface area (Å²) >= 11 is 3.35. The Morgan fingerprint density at radius 2 is 2.10 bits per heavy atom. The minimum Gasteiger partial charge on any atom is -0.491 e. The highest BCUT2D eigenvalue weighted by atomic mass is 79.9. The van der Waals surface area contributed by atoms with Crippen molar-refractivity contribution in [2.75, 3.05) is 12.3 Å². The fraction of sp³-hybridized carbons (Fsp3) is 0.250. The first-order chi connectivity index (χ1) is 14.9. The van der Waals surface area contributed by atoms with Crippen molar-refractivity contribution >= 4 is 43.7 Å². The van der Waals surface area contributed by atoms with Gasteiger partial charge in [-0.25, -0.2) is 9.97 Å². The number of aliphatic hydroxyl groups excluding tert-OH is 2. The first-order valence-electron chi connectivity index (χ1n) is 9.47. The Bertz CT molecular complexity index is 1340. The van der Waals surface area contributed by atoms with Gasteiger partial charge in [0.2, 0.25) is 0 Å². The SMILES string of the molecule is Nc1nc2cc(OC[C@H]3O[C@@H](n4ccc5c(=O)[nH]cnc54)[C@H](O)[C@@H]3O)ccc2cc1Br. The van der Waals surface area contributed by atoms with Gasteiger partial charge < -0.3 is 35.0 Å². The van der Waals surface area contributed by atoms with Gasteiger partial charge in [0.25, 0.3) is 5.56 Å². The normalized spacial score (nSPS) is 23.6. The van der Waals surface area contributed by atoms with E-state index in [1.54, 1.807) is 24.4 Å². The van der Waals surface area contributed by atoms with Crippen LogP contribution in [0, 0.1) is 0 Å². The molecule has 11 heteroatoms. The minimum absolute atomic E-state index is 0.000539. The van der Waals surface area contributed by atoms with Gasteiger partial charge in [-0.1, -0.05) is 0 Å². The van der Waals surface area contributed by atoms with Crippen LogP contribution in [-0.2, 0) is 4.74 Å². The highest BCUT2D eigenvalue weighted by molar-refractivity contribution is 9.10. The second-order valence-electron chi connectivity index (χ2n) is 7.26. The number of benzene rings is 1. The van der Waals surface area contributed by atoms with E-state index in [2.05, 4.69) is 30.9 Å². The lowest BCUT2D eigenvalue weighted by Crippen LogP contribution is -2.34. The van der Waals surface area contributed by atoms with Crippen molar-refractivity contribution in [3.05, 3.63) is 57.7 Å². The highest BCUT2D eigenvalue weighted by Gasteiger charge is 2.44. The van der Waals surface area contributed by atoms with E-state index in [0.717, 1.165) is 5.39 Å². The fourth-order valence-electron chi connectivity index (χ4n) is 3.69. The molecule has 3 aromatic heterocycles. The molecule has 5 rings (SSSR count). The summed E-state index contributed by atoms with van der Waals surface area (Å²) in [6.07, 6.45) is -1.24. The van der Waals surface area contributed by atoms with Crippen LogP contribution < -0.4 is 16.0 Å². The van der Waals surface area contributed by atoms with Crippen LogP contribution in [0.1, 0.15) is 6.23 Å². The number of anilines is 1. The van der Waals surface area contributed by atoms with Crippen molar-refractivity contribution in [2.24, 2.45) is 0 Å². The van der Waals surface area contributed by atoms with Crippen LogP contribution in [0.25, 0.3) is 21.9 Å². The maximum atomic E-state index is 11.9. The van der Waals surface area contributed by atoms with Gasteiger partial charge in [0.15, 0.2) is 6.23 Å². The Labute approximate surface area is 183 Å². The van der Waals surface area contributed by atoms with Gasteiger partial charge in [-0.15, -0.1) is 0 Å². The molecule has 4 atom stereocenters. The van der Waals surface area contributed by atoms with Crippen molar-refractivity contribution in [3.63, 3.8) is 0 Å². The van der Waals surface area contributed by atoms with Crippen LogP contribution in [0.3, 0.4) is 0 Å². The molecule has 1 aliphatic heterocycles. The minimum atomic E-state index is -1.22. The summed E-state index contributed by atoms with van der Waals surface area (Å²) in [5.74, 6) is 0.895. The van der Waals surface area contributed by atoms with E-state index in [-0.39, 0.29) is 12.2 Å². The van der Waals surface area contributed by atoms with Crippen molar-refractivity contribution in [2.45, 2.75) is 24.5 Å². The molecule has 0 amide bonds. The molecule has 0 spiro atoms. The maximum Gasteiger partial charge on any atom is 0.260 e. The summed E-state index contributed by atoms with van der Waals surface area (Å²) in [6.45, 7) is -0.000539. The number of ether oxygens (including phenoxy) is 2. The number of halogens is 1. The average molecular weight is 488 g/mol. The molecule has 4 aromatic rings. The number of nitrogen functional groups attached to an aromatic ring is 1. The summed E-state index contributed by atoms with van der Waals surface area (Å²) in [6, 6.07) is 8.81. The molecule has 0 aliphatic carbocycles. The molecule has 1 fully saturated rings. The summed E-state index contributed by atoms with van der Waals surface area (Å²) in [4.78, 5) is 22.9. The van der Waals surface area contributed by atoms with E-state index in [0.29, 0.717) is 32.6 Å². The van der Waals surface area contributed by atoms with Crippen molar-refractivity contribution in [3.8, 4) is 5.75 Å². The molecule has 1 saturated heterocycles. The molecule has 0 unspecified atom stereocenters. The molecule has 0 radical (unpaired) electrons. The number of fused-ring (bicyclic) bond motifs is 2. The van der Waals surface area contributed by atoms with Gasteiger partial charge in [-0.2, -0.15) is 0 Å². The van der Waals surface area contributed by atoms with E-state index >= 15 is 0 Å². The summed E-state index contributed by atoms with van der Waals surface area (Å²) in [5, 5.41) is 22.3. The summed E-state index contributed by atoms with van der Waals surface area (Å²) < 4.78 is 13.9. The van der Waals surface area contributed by atoms with Crippen molar-refractivity contribution in [1.29, 1.82) is 0 Å². The van der Waals surface area contributed by atoms with Crippen LogP contribution in [0.4, 0.5) is 5.82 Å². The van der Waals surface area contributed by atoms with Crippen LogP contribution >= 0.6 is 15.9 Å². The van der Waals surface area contributed by atoms with E-state index in [1.165, 1.54) is 10.9 Å². The van der Waals surface area contributed by atoms with E-state index < -0.39 is 24.5 Å². The first-order valence-corrected chi connectivity index (χ1v) is 10.3. The van der Waals surface area contributed by atoms with Gasteiger partial charge in [0, 0.05) is 17.6 Å². The molecule has 0 saturated carbocycles. The van der Waals surface area contributed by atoms with Crippen molar-refractivity contribution < 1.29 is 19.7 Å². The zero-order valence-electron chi connectivity index (χ0n) is 16.0. The van der Waals surface area contributed by atoms with E-state index in [9.17, 15) is 15.0 Å². The number of aromatic amines is 1. The van der Waals surface area contributed by atoms with Gasteiger partial charge in [-0.05, 0) is 40.2 Å². The second kappa shape index (κ2) is 7.61. The lowest BCUT2D eigenvalue weighted by Gasteiger charge is -2.17. The lowest BCUT2D eigenvalue weighted by atomic mass is 10.1. The number of aromatic nitrogens is 4. The molecule has 4 heterocycles. The summed E-state index contributed by atoms with van der Waals surface area (Å²) in [7, 11) is 0. The fourth-order valence-corrected chi connectivity index (χ4v) is 4.02. The number of rotatable bonds is 4. The van der Waals surface area contributed by atoms with E-state index in [1.807, 2.05) is 12.1 Å². The number of pyridine rings is 1. The largest absolute Gasteiger partial charge is 0.491 e. The molecule has 31 heavy (non-hydrogen) atoms. The molecule has 5 N–H and O–H groups in total. The predicted octanol–water partition coefficient (Wildman–Crippen LogP) is 1.32. The Morgan fingerprint density at radius 3 is 2.94 bits per heavy atom. The smallest absolute Gasteiger partial charge is 0.260 e. The number of H-pyrrole nitrogens is 1. The third kappa shape index (κ3) is 3.45. The Morgan fingerprint density at radius 1 is 1.26 bits per heavy atom. The number of nitrogens with one attached hydrogen (secondary N) is 1. The van der Waals surface area contributed by atoms with E-state index in [4.69, 9.17) is 15.2 Å². The first kappa shape index (κ1) is 19.9. The number of hydrogen-bond donors (Lipinski definition) is 4. The quantitative estimate of drug-likeness (QED) is 0.336. The lowest BCUT2D eigenvalue weighted by molar-refractivity contribution is -0.0471. The molecule has 1 aliphatic rings. The molecule has 0 bridgehead atoms. The zero-order chi connectivity index (χ0) is 21.7. The van der Waals surface area contributed by atoms with Crippen LogP contribution in [0.5, 0.6) is 5.75 Å². The summed E-state index contributed by atoms with van der Waals surface area (Å²) in [5.41, 5.74) is 6.57. The van der Waals surface area contributed by atoms with Crippen LogP contribution in [0.15, 0.2) is 52.1 Å². The second-order valence-corrected chi connectivity index (χ2v) is 8.11. The third-order valence-corrected chi connectivity index (χ3v) is 5.94. The van der Waals surface area contributed by atoms with Crippen LogP contribution in [0.2, 0.25) is 0 Å². The Balaban J connectivity index is 1.34. The van der Waals surface area contributed by atoms with Crippen molar-refractivity contribution in [1.82, 2.24) is 19.5 Å². The molecular formula is C20H18BrN5O5. The number of nitrogens with zero attached hydrogens (tertiary/aromatic N) is 3. The van der Waals surface area contributed by atoms with Gasteiger partial charge in [0.1, 0.15) is 42.1 Å². The van der Waals surface area contributed by atoms with Gasteiger partial charge in [0.05, 0.1) is 21.7 Å². The van der Waals surface area contributed by atoms with Gasteiger partial charge >= 0.3 is 0 Å². The Hall–Kier alpha value is -2.99. The highest BCUT2D eigenvalue weighted by Crippen LogP contribution is 2.32. The third-order valence-electron chi connectivity index (χ3n) is 5.31. The zero-order valence-corrected chi connectivity index (χ0v) is 17.6. The van der Waals surface area contributed by atoms with Gasteiger partial charge in [-0.3, -0.25) is 4.79 Å². The standard InChI is InChI=1S/C20H18BrN5O5/c21-12-5-9-1-2-10(6-13(9)25-17(12)22)30-7-14-15(27)16(28)20(31-14)26-4-3-11-18(26)23-8-24-19(11)29/h1-6,8,14-16,20,27-28H,7H2,(H2,22,25)(H,23,24,29)/t14-,15-,16-,20-/m1/s1. The molecule has 10 nitrogen and oxygen atoms in total. The molecule has 1 aromatic carbocycles. The predicted molar refractivity (Wildman–Crippen MR) is 116 cm³/mol. The molecular weight excluding hydrogens is 470 g/mol. The number of hydrogen-bond acceptors (Lipinski definition) is 8. The number of aliphatic hydroxyl groups is 2. The molecule has 160 valence electrons. The topological polar surface area (TPSA) is 149 Å². The number of nitrogens with two attached hydrogens (primary N) is 1. The average Bonchev–Trinajstić information content (AvgIpc) is 3.30. The monoisotopic (exact) mass is 487 g/mol. The Kier molecular flexibility index (Phi) is 4.89.